The lowest BCUT2D eigenvalue weighted by atomic mass is 10.2. The van der Waals surface area contributed by atoms with Gasteiger partial charge in [-0.25, -0.2) is 14.8 Å². The highest BCUT2D eigenvalue weighted by atomic mass is 35.5. The molecule has 0 unspecified atom stereocenters. The van der Waals surface area contributed by atoms with E-state index in [2.05, 4.69) is 15.3 Å². The largest absolute Gasteiger partial charge is 0.478 e. The minimum atomic E-state index is -1.02. The van der Waals surface area contributed by atoms with Crippen molar-refractivity contribution in [1.82, 2.24) is 9.97 Å². The first-order chi connectivity index (χ1) is 9.10. The van der Waals surface area contributed by atoms with Crippen LogP contribution in [0.2, 0.25) is 5.02 Å². The van der Waals surface area contributed by atoms with Crippen LogP contribution >= 0.6 is 11.6 Å². The Morgan fingerprint density at radius 3 is 2.89 bits per heavy atom. The standard InChI is InChI=1S/C13H12ClN3O2/c1-2-11-10(12(18)19)7-15-13(17-11)16-9-5-3-4-8(14)6-9/h3-7H,2H2,1H3,(H,18,19)(H,15,16,17). The smallest absolute Gasteiger partial charge is 0.339 e. The van der Waals surface area contributed by atoms with Crippen LogP contribution in [0.15, 0.2) is 30.5 Å². The molecule has 0 aliphatic heterocycles. The normalized spacial score (nSPS) is 10.2. The number of aryl methyl sites for hydroxylation is 1. The molecule has 0 aliphatic carbocycles. The Kier molecular flexibility index (Phi) is 3.97. The van der Waals surface area contributed by atoms with E-state index in [-0.39, 0.29) is 5.56 Å². The Morgan fingerprint density at radius 1 is 1.47 bits per heavy atom. The van der Waals surface area contributed by atoms with Crippen molar-refractivity contribution < 1.29 is 9.90 Å². The summed E-state index contributed by atoms with van der Waals surface area (Å²) in [6.07, 6.45) is 1.83. The molecule has 98 valence electrons. The second-order valence-electron chi connectivity index (χ2n) is 3.85. The molecule has 0 fully saturated rings. The molecule has 1 heterocycles. The van der Waals surface area contributed by atoms with Crippen LogP contribution in [0.5, 0.6) is 0 Å². The molecule has 0 saturated heterocycles. The first-order valence-electron chi connectivity index (χ1n) is 5.72. The Labute approximate surface area is 115 Å². The summed E-state index contributed by atoms with van der Waals surface area (Å²) >= 11 is 5.88. The van der Waals surface area contributed by atoms with Crippen molar-refractivity contribution >= 4 is 29.2 Å². The van der Waals surface area contributed by atoms with Gasteiger partial charge >= 0.3 is 5.97 Å². The Balaban J connectivity index is 2.29. The molecule has 1 aromatic carbocycles. The highest BCUT2D eigenvalue weighted by Crippen LogP contribution is 2.18. The first-order valence-corrected chi connectivity index (χ1v) is 6.09. The molecule has 0 spiro atoms. The van der Waals surface area contributed by atoms with Crippen LogP contribution in [-0.2, 0) is 6.42 Å². The molecular formula is C13H12ClN3O2. The summed E-state index contributed by atoms with van der Waals surface area (Å²) in [4.78, 5) is 19.2. The number of aromatic nitrogens is 2. The van der Waals surface area contributed by atoms with Crippen molar-refractivity contribution in [1.29, 1.82) is 0 Å². The summed E-state index contributed by atoms with van der Waals surface area (Å²) in [5.41, 5.74) is 1.36. The van der Waals surface area contributed by atoms with Crippen LogP contribution in [0.3, 0.4) is 0 Å². The highest BCUT2D eigenvalue weighted by Gasteiger charge is 2.12. The number of hydrogen-bond donors (Lipinski definition) is 2. The van der Waals surface area contributed by atoms with E-state index in [1.54, 1.807) is 18.2 Å². The number of carboxylic acid groups (broad SMARTS) is 1. The summed E-state index contributed by atoms with van der Waals surface area (Å²) in [5, 5.41) is 12.6. The summed E-state index contributed by atoms with van der Waals surface area (Å²) in [6.45, 7) is 1.85. The Morgan fingerprint density at radius 2 is 2.26 bits per heavy atom. The van der Waals surface area contributed by atoms with E-state index in [0.717, 1.165) is 5.69 Å². The van der Waals surface area contributed by atoms with Crippen LogP contribution in [0.25, 0.3) is 0 Å². The lowest BCUT2D eigenvalue weighted by Crippen LogP contribution is -2.08. The van der Waals surface area contributed by atoms with Gasteiger partial charge in [-0.05, 0) is 24.6 Å². The Bertz CT molecular complexity index is 617. The van der Waals surface area contributed by atoms with Gasteiger partial charge < -0.3 is 10.4 Å². The van der Waals surface area contributed by atoms with E-state index in [9.17, 15) is 4.79 Å². The number of hydrogen-bond acceptors (Lipinski definition) is 4. The van der Waals surface area contributed by atoms with E-state index in [1.807, 2.05) is 13.0 Å². The molecule has 0 saturated carbocycles. The maximum absolute atomic E-state index is 11.0. The monoisotopic (exact) mass is 277 g/mol. The lowest BCUT2D eigenvalue weighted by molar-refractivity contribution is 0.0694. The van der Waals surface area contributed by atoms with Gasteiger partial charge in [0.05, 0.1) is 11.3 Å². The van der Waals surface area contributed by atoms with Crippen LogP contribution in [0.4, 0.5) is 11.6 Å². The van der Waals surface area contributed by atoms with Gasteiger partial charge in [0.15, 0.2) is 0 Å². The molecule has 6 heteroatoms. The highest BCUT2D eigenvalue weighted by molar-refractivity contribution is 6.30. The van der Waals surface area contributed by atoms with E-state index < -0.39 is 5.97 Å². The van der Waals surface area contributed by atoms with Gasteiger partial charge in [0.1, 0.15) is 0 Å². The zero-order valence-corrected chi connectivity index (χ0v) is 11.0. The van der Waals surface area contributed by atoms with Gasteiger partial charge in [-0.2, -0.15) is 0 Å². The van der Waals surface area contributed by atoms with E-state index in [1.165, 1.54) is 6.20 Å². The molecule has 5 nitrogen and oxygen atoms in total. The number of nitrogens with one attached hydrogen (secondary N) is 1. The molecule has 1 aromatic heterocycles. The first kappa shape index (κ1) is 13.3. The average Bonchev–Trinajstić information content (AvgIpc) is 2.38. The number of carboxylic acids is 1. The minimum absolute atomic E-state index is 0.124. The topological polar surface area (TPSA) is 75.1 Å². The number of halogens is 1. The molecule has 19 heavy (non-hydrogen) atoms. The van der Waals surface area contributed by atoms with Crippen molar-refractivity contribution in [3.8, 4) is 0 Å². The number of benzene rings is 1. The fourth-order valence-corrected chi connectivity index (χ4v) is 1.81. The third-order valence-electron chi connectivity index (χ3n) is 2.51. The van der Waals surface area contributed by atoms with Crippen LogP contribution < -0.4 is 5.32 Å². The number of rotatable bonds is 4. The molecule has 2 N–H and O–H groups in total. The molecule has 0 bridgehead atoms. The van der Waals surface area contributed by atoms with Crippen LogP contribution in [-0.4, -0.2) is 21.0 Å². The van der Waals surface area contributed by atoms with Crippen molar-refractivity contribution in [2.45, 2.75) is 13.3 Å². The van der Waals surface area contributed by atoms with Crippen molar-refractivity contribution in [2.24, 2.45) is 0 Å². The number of nitrogens with zero attached hydrogens (tertiary/aromatic N) is 2. The lowest BCUT2D eigenvalue weighted by Gasteiger charge is -2.08. The zero-order valence-electron chi connectivity index (χ0n) is 10.2. The quantitative estimate of drug-likeness (QED) is 0.898. The third kappa shape index (κ3) is 3.20. The molecule has 0 amide bonds. The van der Waals surface area contributed by atoms with Gasteiger partial charge in [-0.3, -0.25) is 0 Å². The van der Waals surface area contributed by atoms with Gasteiger partial charge in [0.2, 0.25) is 5.95 Å². The predicted octanol–water partition coefficient (Wildman–Crippen LogP) is 3.13. The van der Waals surface area contributed by atoms with Gasteiger partial charge in [-0.1, -0.05) is 24.6 Å². The molecule has 2 aromatic rings. The average molecular weight is 278 g/mol. The molecule has 2 rings (SSSR count). The maximum Gasteiger partial charge on any atom is 0.339 e. The molecule has 0 radical (unpaired) electrons. The van der Waals surface area contributed by atoms with Crippen molar-refractivity contribution in [2.75, 3.05) is 5.32 Å². The van der Waals surface area contributed by atoms with Crippen molar-refractivity contribution in [3.63, 3.8) is 0 Å². The van der Waals surface area contributed by atoms with Gasteiger partial charge in [-0.15, -0.1) is 0 Å². The maximum atomic E-state index is 11.0. The zero-order chi connectivity index (χ0) is 13.8. The second-order valence-corrected chi connectivity index (χ2v) is 4.28. The second kappa shape index (κ2) is 5.67. The Hall–Kier alpha value is -2.14. The van der Waals surface area contributed by atoms with Gasteiger partial charge in [0.25, 0.3) is 0 Å². The fraction of sp³-hybridized carbons (Fsp3) is 0.154. The minimum Gasteiger partial charge on any atom is -0.478 e. The number of anilines is 2. The number of carbonyl (C=O) groups is 1. The molecule has 0 atom stereocenters. The summed E-state index contributed by atoms with van der Waals surface area (Å²) in [7, 11) is 0. The predicted molar refractivity (Wildman–Crippen MR) is 73.1 cm³/mol. The SMILES string of the molecule is CCc1nc(Nc2cccc(Cl)c2)ncc1C(=O)O. The fourth-order valence-electron chi connectivity index (χ4n) is 1.62. The summed E-state index contributed by atoms with van der Waals surface area (Å²) < 4.78 is 0. The summed E-state index contributed by atoms with van der Waals surface area (Å²) in [5.74, 6) is -0.671. The van der Waals surface area contributed by atoms with E-state index in [4.69, 9.17) is 16.7 Å². The third-order valence-corrected chi connectivity index (χ3v) is 2.75. The summed E-state index contributed by atoms with van der Waals surface area (Å²) in [6, 6.07) is 7.13. The number of aromatic carboxylic acids is 1. The van der Waals surface area contributed by atoms with E-state index in [0.29, 0.717) is 23.1 Å². The van der Waals surface area contributed by atoms with Crippen LogP contribution in [0.1, 0.15) is 23.0 Å². The molecule has 0 aliphatic rings. The van der Waals surface area contributed by atoms with Crippen molar-refractivity contribution in [3.05, 3.63) is 46.7 Å². The van der Waals surface area contributed by atoms with E-state index >= 15 is 0 Å². The molecular weight excluding hydrogens is 266 g/mol. The van der Waals surface area contributed by atoms with Gasteiger partial charge in [0, 0.05) is 16.9 Å². The van der Waals surface area contributed by atoms with Crippen LogP contribution in [0, 0.1) is 0 Å².